The molecule has 1 atom stereocenters. The van der Waals surface area contributed by atoms with Gasteiger partial charge in [-0.25, -0.2) is 0 Å². The summed E-state index contributed by atoms with van der Waals surface area (Å²) in [6, 6.07) is 15.6. The molecule has 0 saturated heterocycles. The molecule has 1 saturated carbocycles. The Balaban J connectivity index is 1.77. The summed E-state index contributed by atoms with van der Waals surface area (Å²) in [4.78, 5) is 0. The number of alkyl halides is 3. The Morgan fingerprint density at radius 3 is 2.36 bits per heavy atom. The van der Waals surface area contributed by atoms with Crippen LogP contribution in [0.15, 0.2) is 54.6 Å². The van der Waals surface area contributed by atoms with Crippen LogP contribution in [0.1, 0.15) is 35.6 Å². The minimum Gasteiger partial charge on any atom is -0.306 e. The second-order valence-corrected chi connectivity index (χ2v) is 5.80. The zero-order valence-corrected chi connectivity index (χ0v) is 12.1. The zero-order valence-electron chi connectivity index (χ0n) is 12.1. The SMILES string of the molecule is FC(F)(F)c1cccc(C(NCc2ccccc2)C2CC2)c1. The molecular formula is C18H18F3N. The van der Waals surface area contributed by atoms with E-state index in [4.69, 9.17) is 0 Å². The fraction of sp³-hybridized carbons (Fsp3) is 0.333. The Morgan fingerprint density at radius 1 is 1.00 bits per heavy atom. The molecule has 0 spiro atoms. The smallest absolute Gasteiger partial charge is 0.306 e. The second-order valence-electron chi connectivity index (χ2n) is 5.80. The topological polar surface area (TPSA) is 12.0 Å². The summed E-state index contributed by atoms with van der Waals surface area (Å²) in [5, 5.41) is 3.43. The summed E-state index contributed by atoms with van der Waals surface area (Å²) in [7, 11) is 0. The Labute approximate surface area is 128 Å². The van der Waals surface area contributed by atoms with Gasteiger partial charge >= 0.3 is 6.18 Å². The molecule has 1 N–H and O–H groups in total. The minimum atomic E-state index is -4.29. The number of rotatable bonds is 5. The normalized spacial score (nSPS) is 16.5. The highest BCUT2D eigenvalue weighted by molar-refractivity contribution is 5.29. The number of benzene rings is 2. The zero-order chi connectivity index (χ0) is 15.6. The van der Waals surface area contributed by atoms with Gasteiger partial charge in [0.1, 0.15) is 0 Å². The second kappa shape index (κ2) is 6.13. The first-order valence-corrected chi connectivity index (χ1v) is 7.48. The molecule has 0 aliphatic heterocycles. The highest BCUT2D eigenvalue weighted by atomic mass is 19.4. The van der Waals surface area contributed by atoms with E-state index in [1.807, 2.05) is 30.3 Å². The van der Waals surface area contributed by atoms with Crippen molar-refractivity contribution in [3.63, 3.8) is 0 Å². The average molecular weight is 305 g/mol. The average Bonchev–Trinajstić information content (AvgIpc) is 3.33. The predicted molar refractivity (Wildman–Crippen MR) is 80.2 cm³/mol. The molecule has 1 aliphatic carbocycles. The maximum absolute atomic E-state index is 12.9. The van der Waals surface area contributed by atoms with E-state index in [-0.39, 0.29) is 6.04 Å². The molecule has 1 nitrogen and oxygen atoms in total. The van der Waals surface area contributed by atoms with E-state index in [0.717, 1.165) is 30.0 Å². The molecule has 116 valence electrons. The third kappa shape index (κ3) is 3.69. The first kappa shape index (κ1) is 15.1. The summed E-state index contributed by atoms with van der Waals surface area (Å²) in [5.41, 5.74) is 1.30. The predicted octanol–water partition coefficient (Wildman–Crippen LogP) is 4.95. The van der Waals surface area contributed by atoms with Crippen LogP contribution >= 0.6 is 0 Å². The monoisotopic (exact) mass is 305 g/mol. The van der Waals surface area contributed by atoms with Gasteiger partial charge in [-0.05, 0) is 42.0 Å². The maximum atomic E-state index is 12.9. The first-order valence-electron chi connectivity index (χ1n) is 7.48. The third-order valence-electron chi connectivity index (χ3n) is 4.04. The van der Waals surface area contributed by atoms with Crippen LogP contribution in [0.2, 0.25) is 0 Å². The molecule has 1 unspecified atom stereocenters. The number of nitrogens with one attached hydrogen (secondary N) is 1. The van der Waals surface area contributed by atoms with Gasteiger partial charge in [-0.1, -0.05) is 42.5 Å². The number of hydrogen-bond acceptors (Lipinski definition) is 1. The van der Waals surface area contributed by atoms with Gasteiger partial charge in [-0.2, -0.15) is 13.2 Å². The summed E-state index contributed by atoms with van der Waals surface area (Å²) in [5.74, 6) is 0.437. The fourth-order valence-corrected chi connectivity index (χ4v) is 2.72. The van der Waals surface area contributed by atoms with Crippen LogP contribution in [0.25, 0.3) is 0 Å². The van der Waals surface area contributed by atoms with Gasteiger partial charge in [0.25, 0.3) is 0 Å². The van der Waals surface area contributed by atoms with E-state index in [1.165, 1.54) is 12.1 Å². The van der Waals surface area contributed by atoms with Crippen LogP contribution in [0.5, 0.6) is 0 Å². The van der Waals surface area contributed by atoms with Gasteiger partial charge in [-0.15, -0.1) is 0 Å². The largest absolute Gasteiger partial charge is 0.416 e. The van der Waals surface area contributed by atoms with Crippen molar-refractivity contribution in [2.75, 3.05) is 0 Å². The van der Waals surface area contributed by atoms with Crippen molar-refractivity contribution >= 4 is 0 Å². The van der Waals surface area contributed by atoms with Gasteiger partial charge in [-0.3, -0.25) is 0 Å². The van der Waals surface area contributed by atoms with E-state index in [1.54, 1.807) is 6.07 Å². The minimum absolute atomic E-state index is 0.0116. The lowest BCUT2D eigenvalue weighted by Gasteiger charge is -2.20. The van der Waals surface area contributed by atoms with Gasteiger partial charge in [0, 0.05) is 12.6 Å². The van der Waals surface area contributed by atoms with Crippen LogP contribution in [0.3, 0.4) is 0 Å². The lowest BCUT2D eigenvalue weighted by molar-refractivity contribution is -0.137. The first-order chi connectivity index (χ1) is 10.5. The molecule has 0 radical (unpaired) electrons. The van der Waals surface area contributed by atoms with E-state index >= 15 is 0 Å². The Kier molecular flexibility index (Phi) is 4.21. The van der Waals surface area contributed by atoms with Crippen molar-refractivity contribution in [2.24, 2.45) is 5.92 Å². The highest BCUT2D eigenvalue weighted by Gasteiger charge is 2.35. The van der Waals surface area contributed by atoms with Crippen molar-refractivity contribution in [1.82, 2.24) is 5.32 Å². The number of halogens is 3. The van der Waals surface area contributed by atoms with Gasteiger partial charge < -0.3 is 5.32 Å². The van der Waals surface area contributed by atoms with Gasteiger partial charge in [0.05, 0.1) is 5.56 Å². The van der Waals surface area contributed by atoms with Gasteiger partial charge in [0.2, 0.25) is 0 Å². The summed E-state index contributed by atoms with van der Waals surface area (Å²) in [6.07, 6.45) is -2.14. The van der Waals surface area contributed by atoms with Crippen molar-refractivity contribution in [1.29, 1.82) is 0 Å². The molecular weight excluding hydrogens is 287 g/mol. The standard InChI is InChI=1S/C18H18F3N/c19-18(20,21)16-8-4-7-15(11-16)17(14-9-10-14)22-12-13-5-2-1-3-6-13/h1-8,11,14,17,22H,9-10,12H2. The molecule has 0 amide bonds. The summed E-state index contributed by atoms with van der Waals surface area (Å²) < 4.78 is 38.6. The quantitative estimate of drug-likeness (QED) is 0.824. The van der Waals surface area contributed by atoms with Crippen molar-refractivity contribution in [3.8, 4) is 0 Å². The van der Waals surface area contributed by atoms with E-state index in [2.05, 4.69) is 5.32 Å². The highest BCUT2D eigenvalue weighted by Crippen LogP contribution is 2.42. The van der Waals surface area contributed by atoms with Crippen LogP contribution in [-0.2, 0) is 12.7 Å². The molecule has 0 aromatic heterocycles. The molecule has 2 aromatic rings. The molecule has 1 fully saturated rings. The molecule has 0 heterocycles. The Morgan fingerprint density at radius 2 is 1.73 bits per heavy atom. The van der Waals surface area contributed by atoms with E-state index < -0.39 is 11.7 Å². The van der Waals surface area contributed by atoms with Crippen LogP contribution in [0, 0.1) is 5.92 Å². The lowest BCUT2D eigenvalue weighted by Crippen LogP contribution is -2.23. The molecule has 1 aliphatic rings. The lowest BCUT2D eigenvalue weighted by atomic mass is 9.99. The Bertz CT molecular complexity index is 618. The van der Waals surface area contributed by atoms with Crippen LogP contribution < -0.4 is 5.32 Å². The number of hydrogen-bond donors (Lipinski definition) is 1. The maximum Gasteiger partial charge on any atom is 0.416 e. The molecule has 2 aromatic carbocycles. The summed E-state index contributed by atoms with van der Waals surface area (Å²) in [6.45, 7) is 0.665. The van der Waals surface area contributed by atoms with E-state index in [0.29, 0.717) is 12.5 Å². The van der Waals surface area contributed by atoms with Crippen molar-refractivity contribution in [3.05, 3.63) is 71.3 Å². The fourth-order valence-electron chi connectivity index (χ4n) is 2.72. The third-order valence-corrected chi connectivity index (χ3v) is 4.04. The summed E-state index contributed by atoms with van der Waals surface area (Å²) >= 11 is 0. The molecule has 0 bridgehead atoms. The van der Waals surface area contributed by atoms with Crippen molar-refractivity contribution in [2.45, 2.75) is 31.6 Å². The Hall–Kier alpha value is -1.81. The van der Waals surface area contributed by atoms with Crippen LogP contribution in [-0.4, -0.2) is 0 Å². The van der Waals surface area contributed by atoms with E-state index in [9.17, 15) is 13.2 Å². The molecule has 3 rings (SSSR count). The molecule has 22 heavy (non-hydrogen) atoms. The molecule has 4 heteroatoms. The van der Waals surface area contributed by atoms with Gasteiger partial charge in [0.15, 0.2) is 0 Å². The van der Waals surface area contributed by atoms with Crippen molar-refractivity contribution < 1.29 is 13.2 Å². The van der Waals surface area contributed by atoms with Crippen LogP contribution in [0.4, 0.5) is 13.2 Å².